The van der Waals surface area contributed by atoms with Crippen LogP contribution in [0.1, 0.15) is 27.5 Å². The summed E-state index contributed by atoms with van der Waals surface area (Å²) in [4.78, 5) is 16.8. The maximum Gasteiger partial charge on any atom is 0.259 e. The van der Waals surface area contributed by atoms with Crippen LogP contribution in [0.3, 0.4) is 0 Å². The topological polar surface area (TPSA) is 110 Å². The first-order valence-corrected chi connectivity index (χ1v) is 8.82. The van der Waals surface area contributed by atoms with Gasteiger partial charge in [0.2, 0.25) is 11.7 Å². The Bertz CT molecular complexity index is 1210. The van der Waals surface area contributed by atoms with Crippen LogP contribution in [0.5, 0.6) is 0 Å². The first-order chi connectivity index (χ1) is 14.0. The third-order valence-corrected chi connectivity index (χ3v) is 4.33. The van der Waals surface area contributed by atoms with E-state index in [1.807, 2.05) is 30.3 Å². The van der Waals surface area contributed by atoms with Gasteiger partial charge in [-0.05, 0) is 55.5 Å². The van der Waals surface area contributed by atoms with Gasteiger partial charge in [0.15, 0.2) is 0 Å². The minimum absolute atomic E-state index is 0.266. The van der Waals surface area contributed by atoms with Crippen molar-refractivity contribution in [3.05, 3.63) is 77.4 Å². The number of rotatable bonds is 4. The van der Waals surface area contributed by atoms with Gasteiger partial charge in [0.25, 0.3) is 5.91 Å². The van der Waals surface area contributed by atoms with E-state index in [0.29, 0.717) is 34.2 Å². The standard InChI is InChI=1S/C21H16N6O2/c1-13-19(21(28)24-17-7-3-15(11-22)4-8-17)12-27(25-13)18-9-5-16(6-10-18)20-23-14(2)29-26-20/h3-10,12H,1-2H3,(H,24,28). The number of nitriles is 1. The second-order valence-corrected chi connectivity index (χ2v) is 6.40. The van der Waals surface area contributed by atoms with Gasteiger partial charge in [-0.25, -0.2) is 4.68 Å². The van der Waals surface area contributed by atoms with Crippen LogP contribution in [-0.4, -0.2) is 25.8 Å². The smallest absolute Gasteiger partial charge is 0.259 e. The molecule has 0 spiro atoms. The van der Waals surface area contributed by atoms with Crippen LogP contribution in [-0.2, 0) is 0 Å². The van der Waals surface area contributed by atoms with Crippen LogP contribution in [0.4, 0.5) is 5.69 Å². The summed E-state index contributed by atoms with van der Waals surface area (Å²) in [5.41, 5.74) is 3.84. The molecular weight excluding hydrogens is 368 g/mol. The number of carbonyl (C=O) groups excluding carboxylic acids is 1. The molecule has 0 saturated carbocycles. The van der Waals surface area contributed by atoms with Gasteiger partial charge in [0.1, 0.15) is 0 Å². The summed E-state index contributed by atoms with van der Waals surface area (Å²) in [6, 6.07) is 16.2. The lowest BCUT2D eigenvalue weighted by molar-refractivity contribution is 0.102. The molecule has 4 aromatic rings. The Kier molecular flexibility index (Phi) is 4.63. The number of hydrogen-bond donors (Lipinski definition) is 1. The normalized spacial score (nSPS) is 10.5. The van der Waals surface area contributed by atoms with Crippen LogP contribution in [0.15, 0.2) is 59.3 Å². The van der Waals surface area contributed by atoms with E-state index in [-0.39, 0.29) is 5.91 Å². The monoisotopic (exact) mass is 384 g/mol. The van der Waals surface area contributed by atoms with E-state index in [0.717, 1.165) is 11.3 Å². The van der Waals surface area contributed by atoms with Gasteiger partial charge in [-0.2, -0.15) is 15.3 Å². The molecule has 0 unspecified atom stereocenters. The number of benzene rings is 2. The van der Waals surface area contributed by atoms with Crippen LogP contribution in [0, 0.1) is 25.2 Å². The van der Waals surface area contributed by atoms with Crippen molar-refractivity contribution in [2.24, 2.45) is 0 Å². The minimum Gasteiger partial charge on any atom is -0.339 e. The number of nitrogens with one attached hydrogen (secondary N) is 1. The second-order valence-electron chi connectivity index (χ2n) is 6.40. The van der Waals surface area contributed by atoms with E-state index in [4.69, 9.17) is 9.78 Å². The van der Waals surface area contributed by atoms with Gasteiger partial charge in [0, 0.05) is 24.4 Å². The largest absolute Gasteiger partial charge is 0.339 e. The number of aryl methyl sites for hydroxylation is 2. The van der Waals surface area contributed by atoms with E-state index < -0.39 is 0 Å². The molecule has 2 heterocycles. The Morgan fingerprint density at radius 2 is 1.83 bits per heavy atom. The number of hydrogen-bond acceptors (Lipinski definition) is 6. The third kappa shape index (κ3) is 3.75. The molecule has 0 aliphatic carbocycles. The highest BCUT2D eigenvalue weighted by Crippen LogP contribution is 2.20. The molecular formula is C21H16N6O2. The Labute approximate surface area is 166 Å². The number of nitrogens with zero attached hydrogens (tertiary/aromatic N) is 5. The highest BCUT2D eigenvalue weighted by atomic mass is 16.5. The zero-order chi connectivity index (χ0) is 20.4. The van der Waals surface area contributed by atoms with Gasteiger partial charge < -0.3 is 9.84 Å². The molecule has 142 valence electrons. The van der Waals surface area contributed by atoms with Crippen molar-refractivity contribution in [3.63, 3.8) is 0 Å². The lowest BCUT2D eigenvalue weighted by Gasteiger charge is -2.04. The average Bonchev–Trinajstić information content (AvgIpc) is 3.34. The summed E-state index contributed by atoms with van der Waals surface area (Å²) in [6.07, 6.45) is 1.68. The number of aromatic nitrogens is 4. The van der Waals surface area contributed by atoms with Gasteiger partial charge in [-0.1, -0.05) is 5.16 Å². The fraction of sp³-hybridized carbons (Fsp3) is 0.0952. The lowest BCUT2D eigenvalue weighted by Crippen LogP contribution is -2.12. The summed E-state index contributed by atoms with van der Waals surface area (Å²) >= 11 is 0. The van der Waals surface area contributed by atoms with E-state index in [2.05, 4.69) is 20.6 Å². The van der Waals surface area contributed by atoms with Gasteiger partial charge in [-0.3, -0.25) is 4.79 Å². The van der Waals surface area contributed by atoms with Crippen molar-refractivity contribution >= 4 is 11.6 Å². The van der Waals surface area contributed by atoms with Crippen LogP contribution in [0.2, 0.25) is 0 Å². The van der Waals surface area contributed by atoms with Crippen molar-refractivity contribution < 1.29 is 9.32 Å². The van der Waals surface area contributed by atoms with Crippen molar-refractivity contribution in [3.8, 4) is 23.1 Å². The molecule has 0 atom stereocenters. The molecule has 0 fully saturated rings. The van der Waals surface area contributed by atoms with Crippen molar-refractivity contribution in [2.45, 2.75) is 13.8 Å². The quantitative estimate of drug-likeness (QED) is 0.575. The maximum absolute atomic E-state index is 12.6. The molecule has 29 heavy (non-hydrogen) atoms. The molecule has 0 aliphatic heterocycles. The Morgan fingerprint density at radius 3 is 2.45 bits per heavy atom. The number of carbonyl (C=O) groups is 1. The number of amides is 1. The maximum atomic E-state index is 12.6. The molecule has 8 nitrogen and oxygen atoms in total. The second kappa shape index (κ2) is 7.40. The molecule has 0 radical (unpaired) electrons. The molecule has 0 aliphatic rings. The van der Waals surface area contributed by atoms with E-state index in [9.17, 15) is 4.79 Å². The number of anilines is 1. The van der Waals surface area contributed by atoms with Crippen LogP contribution >= 0.6 is 0 Å². The summed E-state index contributed by atoms with van der Waals surface area (Å²) in [6.45, 7) is 3.52. The zero-order valence-electron chi connectivity index (χ0n) is 15.7. The third-order valence-electron chi connectivity index (χ3n) is 4.33. The SMILES string of the molecule is Cc1nc(-c2ccc(-n3cc(C(=O)Nc4ccc(C#N)cc4)c(C)n3)cc2)no1. The van der Waals surface area contributed by atoms with E-state index in [1.54, 1.807) is 49.0 Å². The lowest BCUT2D eigenvalue weighted by atomic mass is 10.2. The average molecular weight is 384 g/mol. The highest BCUT2D eigenvalue weighted by Gasteiger charge is 2.15. The predicted molar refractivity (Wildman–Crippen MR) is 105 cm³/mol. The highest BCUT2D eigenvalue weighted by molar-refractivity contribution is 6.04. The van der Waals surface area contributed by atoms with Crippen LogP contribution in [0.25, 0.3) is 17.1 Å². The molecule has 4 rings (SSSR count). The van der Waals surface area contributed by atoms with Crippen molar-refractivity contribution in [1.82, 2.24) is 19.9 Å². The molecule has 0 bridgehead atoms. The first-order valence-electron chi connectivity index (χ1n) is 8.82. The predicted octanol–water partition coefficient (Wildman–Crippen LogP) is 3.66. The molecule has 0 saturated heterocycles. The summed E-state index contributed by atoms with van der Waals surface area (Å²) in [5.74, 6) is 0.759. The fourth-order valence-corrected chi connectivity index (χ4v) is 2.82. The minimum atomic E-state index is -0.266. The van der Waals surface area contributed by atoms with Crippen LogP contribution < -0.4 is 5.32 Å². The summed E-state index contributed by atoms with van der Waals surface area (Å²) in [5, 5.41) is 20.0. The van der Waals surface area contributed by atoms with E-state index >= 15 is 0 Å². The van der Waals surface area contributed by atoms with E-state index in [1.165, 1.54) is 0 Å². The van der Waals surface area contributed by atoms with Crippen molar-refractivity contribution in [1.29, 1.82) is 5.26 Å². The zero-order valence-corrected chi connectivity index (χ0v) is 15.7. The summed E-state index contributed by atoms with van der Waals surface area (Å²) in [7, 11) is 0. The van der Waals surface area contributed by atoms with Gasteiger partial charge >= 0.3 is 0 Å². The van der Waals surface area contributed by atoms with Gasteiger partial charge in [-0.15, -0.1) is 0 Å². The Hall–Kier alpha value is -4.25. The molecule has 1 amide bonds. The molecule has 8 heteroatoms. The van der Waals surface area contributed by atoms with Crippen molar-refractivity contribution in [2.75, 3.05) is 5.32 Å². The molecule has 2 aromatic carbocycles. The fourth-order valence-electron chi connectivity index (χ4n) is 2.82. The first kappa shape index (κ1) is 18.1. The Balaban J connectivity index is 1.54. The summed E-state index contributed by atoms with van der Waals surface area (Å²) < 4.78 is 6.65. The Morgan fingerprint density at radius 1 is 1.10 bits per heavy atom. The molecule has 1 N–H and O–H groups in total. The van der Waals surface area contributed by atoms with Gasteiger partial charge in [0.05, 0.1) is 28.6 Å². The molecule has 2 aromatic heterocycles.